The number of nitrogens with one attached hydrogen (secondary N) is 1. The summed E-state index contributed by atoms with van der Waals surface area (Å²) in [5.41, 5.74) is 3.52. The van der Waals surface area contributed by atoms with E-state index in [9.17, 15) is 9.59 Å². The minimum Gasteiger partial charge on any atom is -0.352 e. The lowest BCUT2D eigenvalue weighted by atomic mass is 9.95. The molecule has 1 aliphatic carbocycles. The average Bonchev–Trinajstić information content (AvgIpc) is 2.84. The van der Waals surface area contributed by atoms with Crippen LogP contribution in [0.5, 0.6) is 0 Å². The van der Waals surface area contributed by atoms with E-state index in [2.05, 4.69) is 48.6 Å². The van der Waals surface area contributed by atoms with Crippen molar-refractivity contribution in [2.45, 2.75) is 83.2 Å². The van der Waals surface area contributed by atoms with Gasteiger partial charge in [-0.15, -0.1) is 0 Å². The maximum Gasteiger partial charge on any atom is 0.243 e. The molecular weight excluding hydrogens is 428 g/mol. The molecule has 2 aromatic rings. The minimum absolute atomic E-state index is 0.00167. The summed E-state index contributed by atoms with van der Waals surface area (Å²) >= 11 is 1.77. The molecule has 0 unspecified atom stereocenters. The third kappa shape index (κ3) is 8.22. The first kappa shape index (κ1) is 25.4. The Kier molecular flexibility index (Phi) is 10.3. The van der Waals surface area contributed by atoms with Crippen molar-refractivity contribution in [2.75, 3.05) is 5.75 Å². The van der Waals surface area contributed by atoms with Crippen LogP contribution in [-0.4, -0.2) is 34.6 Å². The monoisotopic (exact) mass is 466 g/mol. The third-order valence-electron chi connectivity index (χ3n) is 6.38. The van der Waals surface area contributed by atoms with Gasteiger partial charge in [-0.3, -0.25) is 9.59 Å². The fourth-order valence-corrected chi connectivity index (χ4v) is 5.31. The van der Waals surface area contributed by atoms with Gasteiger partial charge in [0.05, 0.1) is 0 Å². The molecule has 33 heavy (non-hydrogen) atoms. The predicted molar refractivity (Wildman–Crippen MR) is 138 cm³/mol. The third-order valence-corrected chi connectivity index (χ3v) is 7.41. The van der Waals surface area contributed by atoms with Crippen molar-refractivity contribution in [1.29, 1.82) is 0 Å². The van der Waals surface area contributed by atoms with Gasteiger partial charge in [0.15, 0.2) is 0 Å². The Morgan fingerprint density at radius 2 is 1.70 bits per heavy atom. The van der Waals surface area contributed by atoms with Gasteiger partial charge in [-0.1, -0.05) is 86.3 Å². The van der Waals surface area contributed by atoms with Crippen LogP contribution in [0.3, 0.4) is 0 Å². The zero-order chi connectivity index (χ0) is 23.5. The standard InChI is InChI=1S/C28H38N2O2S/c1-3-26(28(32)29-25-12-8-5-9-13-25)30(20-23-16-14-22(2)15-17-23)27(31)18-19-33-21-24-10-6-4-7-11-24/h4,6-7,10-11,14-17,25-26H,3,5,8-9,12-13,18-21H2,1-2H3,(H,29,32)/t26-/m1/s1. The maximum absolute atomic E-state index is 13.4. The van der Waals surface area contributed by atoms with Gasteiger partial charge < -0.3 is 10.2 Å². The molecule has 0 aliphatic heterocycles. The van der Waals surface area contributed by atoms with Crippen LogP contribution >= 0.6 is 11.8 Å². The van der Waals surface area contributed by atoms with Crippen LogP contribution in [0.1, 0.15) is 68.6 Å². The summed E-state index contributed by atoms with van der Waals surface area (Å²) in [7, 11) is 0. The molecule has 5 heteroatoms. The maximum atomic E-state index is 13.4. The molecule has 178 valence electrons. The van der Waals surface area contributed by atoms with E-state index in [1.165, 1.54) is 30.4 Å². The summed E-state index contributed by atoms with van der Waals surface area (Å²) in [6.45, 7) is 4.53. The lowest BCUT2D eigenvalue weighted by Crippen LogP contribution is -2.51. The van der Waals surface area contributed by atoms with Crippen molar-refractivity contribution in [3.05, 3.63) is 71.3 Å². The zero-order valence-corrected chi connectivity index (χ0v) is 20.9. The molecule has 1 atom stereocenters. The molecule has 2 aromatic carbocycles. The van der Waals surface area contributed by atoms with Crippen LogP contribution in [-0.2, 0) is 21.9 Å². The Balaban J connectivity index is 1.64. The Labute approximate surface area is 203 Å². The first-order valence-electron chi connectivity index (χ1n) is 12.3. The van der Waals surface area contributed by atoms with Crippen molar-refractivity contribution in [3.63, 3.8) is 0 Å². The summed E-state index contributed by atoms with van der Waals surface area (Å²) in [6.07, 6.45) is 6.75. The van der Waals surface area contributed by atoms with E-state index < -0.39 is 6.04 Å². The summed E-state index contributed by atoms with van der Waals surface area (Å²) in [4.78, 5) is 28.4. The second kappa shape index (κ2) is 13.4. The smallest absolute Gasteiger partial charge is 0.243 e. The van der Waals surface area contributed by atoms with Crippen molar-refractivity contribution in [2.24, 2.45) is 0 Å². The van der Waals surface area contributed by atoms with E-state index in [4.69, 9.17) is 0 Å². The molecule has 4 nitrogen and oxygen atoms in total. The molecule has 3 rings (SSSR count). The summed E-state index contributed by atoms with van der Waals surface area (Å²) in [5.74, 6) is 1.70. The van der Waals surface area contributed by atoms with Gasteiger partial charge in [0.25, 0.3) is 0 Å². The Hall–Kier alpha value is -2.27. The molecule has 0 spiro atoms. The second-order valence-electron chi connectivity index (χ2n) is 9.06. The number of carbonyl (C=O) groups excluding carboxylic acids is 2. The van der Waals surface area contributed by atoms with Crippen LogP contribution in [0.15, 0.2) is 54.6 Å². The molecule has 1 aliphatic rings. The van der Waals surface area contributed by atoms with E-state index in [0.717, 1.165) is 29.9 Å². The number of aryl methyl sites for hydroxylation is 1. The van der Waals surface area contributed by atoms with Crippen molar-refractivity contribution >= 4 is 23.6 Å². The number of rotatable bonds is 11. The highest BCUT2D eigenvalue weighted by Gasteiger charge is 2.30. The number of amides is 2. The number of nitrogens with zero attached hydrogens (tertiary/aromatic N) is 1. The quantitative estimate of drug-likeness (QED) is 0.421. The van der Waals surface area contributed by atoms with Gasteiger partial charge >= 0.3 is 0 Å². The summed E-state index contributed by atoms with van der Waals surface area (Å²) in [5, 5.41) is 3.25. The number of hydrogen-bond acceptors (Lipinski definition) is 3. The van der Waals surface area contributed by atoms with Crippen molar-refractivity contribution < 1.29 is 9.59 Å². The largest absolute Gasteiger partial charge is 0.352 e. The van der Waals surface area contributed by atoms with Crippen LogP contribution in [0, 0.1) is 6.92 Å². The van der Waals surface area contributed by atoms with E-state index in [-0.39, 0.29) is 17.9 Å². The number of carbonyl (C=O) groups is 2. The lowest BCUT2D eigenvalue weighted by molar-refractivity contribution is -0.141. The average molecular weight is 467 g/mol. The van der Waals surface area contributed by atoms with Crippen LogP contribution in [0.4, 0.5) is 0 Å². The Bertz CT molecular complexity index is 863. The topological polar surface area (TPSA) is 49.4 Å². The molecule has 1 fully saturated rings. The number of thioether (sulfide) groups is 1. The highest BCUT2D eigenvalue weighted by Crippen LogP contribution is 2.20. The molecule has 0 aromatic heterocycles. The minimum atomic E-state index is -0.431. The summed E-state index contributed by atoms with van der Waals surface area (Å²) in [6, 6.07) is 18.4. The molecule has 1 N–H and O–H groups in total. The molecule has 0 heterocycles. The van der Waals surface area contributed by atoms with Gasteiger partial charge in [-0.05, 0) is 37.3 Å². The summed E-state index contributed by atoms with van der Waals surface area (Å²) < 4.78 is 0. The van der Waals surface area contributed by atoms with Gasteiger partial charge in [-0.2, -0.15) is 11.8 Å². The van der Waals surface area contributed by atoms with Gasteiger partial charge in [0.1, 0.15) is 6.04 Å². The Morgan fingerprint density at radius 1 is 1.00 bits per heavy atom. The normalized spacial score (nSPS) is 15.1. The zero-order valence-electron chi connectivity index (χ0n) is 20.1. The van der Waals surface area contributed by atoms with E-state index >= 15 is 0 Å². The second-order valence-corrected chi connectivity index (χ2v) is 10.2. The van der Waals surface area contributed by atoms with Gasteiger partial charge in [0.2, 0.25) is 11.8 Å². The van der Waals surface area contributed by atoms with E-state index in [0.29, 0.717) is 19.4 Å². The van der Waals surface area contributed by atoms with Crippen molar-refractivity contribution in [3.8, 4) is 0 Å². The van der Waals surface area contributed by atoms with Crippen LogP contribution < -0.4 is 5.32 Å². The van der Waals surface area contributed by atoms with Crippen LogP contribution in [0.2, 0.25) is 0 Å². The number of benzene rings is 2. The first-order chi connectivity index (χ1) is 16.1. The van der Waals surface area contributed by atoms with Crippen molar-refractivity contribution in [1.82, 2.24) is 10.2 Å². The van der Waals surface area contributed by atoms with Gasteiger partial charge in [0, 0.05) is 30.5 Å². The van der Waals surface area contributed by atoms with E-state index in [1.807, 2.05) is 30.0 Å². The predicted octanol–water partition coefficient (Wildman–Crippen LogP) is 5.87. The molecule has 2 amide bonds. The molecular formula is C28H38N2O2S. The van der Waals surface area contributed by atoms with Gasteiger partial charge in [-0.25, -0.2) is 0 Å². The highest BCUT2D eigenvalue weighted by molar-refractivity contribution is 7.98. The van der Waals surface area contributed by atoms with E-state index in [1.54, 1.807) is 11.8 Å². The molecule has 0 bridgehead atoms. The lowest BCUT2D eigenvalue weighted by Gasteiger charge is -2.33. The van der Waals surface area contributed by atoms with Crippen LogP contribution in [0.25, 0.3) is 0 Å². The fourth-order valence-electron chi connectivity index (χ4n) is 4.42. The molecule has 0 radical (unpaired) electrons. The molecule has 1 saturated carbocycles. The Morgan fingerprint density at radius 3 is 2.36 bits per heavy atom. The SMILES string of the molecule is CC[C@H](C(=O)NC1CCCCC1)N(Cc1ccc(C)cc1)C(=O)CCSCc1ccccc1. The fraction of sp³-hybridized carbons (Fsp3) is 0.500. The highest BCUT2D eigenvalue weighted by atomic mass is 32.2. The first-order valence-corrected chi connectivity index (χ1v) is 13.5. The number of hydrogen-bond donors (Lipinski definition) is 1. The molecule has 0 saturated heterocycles.